The summed E-state index contributed by atoms with van der Waals surface area (Å²) < 4.78 is 20.7. The molecule has 0 unspecified atom stereocenters. The van der Waals surface area contributed by atoms with Gasteiger partial charge in [0.15, 0.2) is 0 Å². The molecule has 0 saturated carbocycles. The van der Waals surface area contributed by atoms with Crippen molar-refractivity contribution in [3.63, 3.8) is 0 Å². The number of carbonyl (C=O) groups is 1. The van der Waals surface area contributed by atoms with E-state index in [-0.39, 0.29) is 11.7 Å². The standard InChI is InChI=1S/C20H20FN3O2/c1-13-19(22-20(25)15-8-10-17(26-3)11-9-15)14(2)24(23-13)12-16-6-4-5-7-18(16)21/h4-11H,12H2,1-3H3,(H,22,25). The number of nitrogens with zero attached hydrogens (tertiary/aromatic N) is 2. The maximum absolute atomic E-state index is 13.9. The number of hydrogen-bond acceptors (Lipinski definition) is 3. The van der Waals surface area contributed by atoms with E-state index in [0.717, 1.165) is 5.69 Å². The molecule has 1 aromatic heterocycles. The van der Waals surface area contributed by atoms with Gasteiger partial charge >= 0.3 is 0 Å². The summed E-state index contributed by atoms with van der Waals surface area (Å²) in [6.45, 7) is 3.97. The fourth-order valence-corrected chi connectivity index (χ4v) is 2.75. The van der Waals surface area contributed by atoms with Crippen LogP contribution >= 0.6 is 0 Å². The van der Waals surface area contributed by atoms with Gasteiger partial charge in [0, 0.05) is 11.1 Å². The normalized spacial score (nSPS) is 10.6. The molecule has 1 heterocycles. The van der Waals surface area contributed by atoms with E-state index in [9.17, 15) is 9.18 Å². The first-order chi connectivity index (χ1) is 12.5. The minimum Gasteiger partial charge on any atom is -0.497 e. The largest absolute Gasteiger partial charge is 0.497 e. The smallest absolute Gasteiger partial charge is 0.255 e. The molecule has 0 spiro atoms. The highest BCUT2D eigenvalue weighted by Crippen LogP contribution is 2.22. The summed E-state index contributed by atoms with van der Waals surface area (Å²) in [5.74, 6) is 0.180. The Hall–Kier alpha value is -3.15. The summed E-state index contributed by atoms with van der Waals surface area (Å²) in [6.07, 6.45) is 0. The van der Waals surface area contributed by atoms with Gasteiger partial charge in [0.25, 0.3) is 5.91 Å². The molecule has 0 fully saturated rings. The van der Waals surface area contributed by atoms with Gasteiger partial charge < -0.3 is 10.1 Å². The van der Waals surface area contributed by atoms with E-state index in [2.05, 4.69) is 10.4 Å². The summed E-state index contributed by atoms with van der Waals surface area (Å²) >= 11 is 0. The molecule has 6 heteroatoms. The molecular formula is C20H20FN3O2. The molecule has 0 aliphatic rings. The number of rotatable bonds is 5. The summed E-state index contributed by atoms with van der Waals surface area (Å²) in [4.78, 5) is 12.5. The molecule has 0 aliphatic heterocycles. The maximum Gasteiger partial charge on any atom is 0.255 e. The predicted octanol–water partition coefficient (Wildman–Crippen LogP) is 3.95. The van der Waals surface area contributed by atoms with E-state index >= 15 is 0 Å². The van der Waals surface area contributed by atoms with Crippen molar-refractivity contribution < 1.29 is 13.9 Å². The van der Waals surface area contributed by atoms with E-state index in [0.29, 0.717) is 34.8 Å². The Labute approximate surface area is 151 Å². The van der Waals surface area contributed by atoms with Crippen molar-refractivity contribution in [3.8, 4) is 5.75 Å². The molecule has 1 amide bonds. The lowest BCUT2D eigenvalue weighted by Gasteiger charge is -2.08. The van der Waals surface area contributed by atoms with E-state index in [1.54, 1.807) is 54.3 Å². The second-order valence-corrected chi connectivity index (χ2v) is 5.98. The number of ether oxygens (including phenoxy) is 1. The van der Waals surface area contributed by atoms with Crippen LogP contribution in [-0.4, -0.2) is 22.8 Å². The molecule has 0 saturated heterocycles. The first-order valence-corrected chi connectivity index (χ1v) is 8.22. The van der Waals surface area contributed by atoms with Crippen molar-refractivity contribution in [1.82, 2.24) is 9.78 Å². The minimum atomic E-state index is -0.274. The van der Waals surface area contributed by atoms with Crippen LogP contribution in [0.25, 0.3) is 0 Å². The van der Waals surface area contributed by atoms with Crippen LogP contribution in [0.3, 0.4) is 0 Å². The SMILES string of the molecule is COc1ccc(C(=O)Nc2c(C)nn(Cc3ccccc3F)c2C)cc1. The van der Waals surface area contributed by atoms with Crippen molar-refractivity contribution in [2.24, 2.45) is 0 Å². The topological polar surface area (TPSA) is 56.1 Å². The fourth-order valence-electron chi connectivity index (χ4n) is 2.75. The molecule has 0 radical (unpaired) electrons. The Morgan fingerprint density at radius 3 is 2.50 bits per heavy atom. The van der Waals surface area contributed by atoms with Gasteiger partial charge in [0.05, 0.1) is 30.7 Å². The van der Waals surface area contributed by atoms with Gasteiger partial charge in [-0.15, -0.1) is 0 Å². The molecule has 1 N–H and O–H groups in total. The van der Waals surface area contributed by atoms with Crippen molar-refractivity contribution in [1.29, 1.82) is 0 Å². The molecule has 0 aliphatic carbocycles. The quantitative estimate of drug-likeness (QED) is 0.756. The van der Waals surface area contributed by atoms with E-state index in [1.165, 1.54) is 6.07 Å². The average molecular weight is 353 g/mol. The molecule has 3 rings (SSSR count). The van der Waals surface area contributed by atoms with Gasteiger partial charge in [0.2, 0.25) is 0 Å². The lowest BCUT2D eigenvalue weighted by molar-refractivity contribution is 0.102. The average Bonchev–Trinajstić information content (AvgIpc) is 2.91. The highest BCUT2D eigenvalue weighted by molar-refractivity contribution is 6.04. The van der Waals surface area contributed by atoms with Crippen LogP contribution in [0.5, 0.6) is 5.75 Å². The number of benzene rings is 2. The fraction of sp³-hybridized carbons (Fsp3) is 0.200. The number of aromatic nitrogens is 2. The summed E-state index contributed by atoms with van der Waals surface area (Å²) in [5.41, 5.74) is 3.16. The Morgan fingerprint density at radius 1 is 1.15 bits per heavy atom. The third-order valence-corrected chi connectivity index (χ3v) is 4.25. The molecular weight excluding hydrogens is 333 g/mol. The van der Waals surface area contributed by atoms with Gasteiger partial charge in [-0.2, -0.15) is 5.10 Å². The molecule has 134 valence electrons. The second-order valence-electron chi connectivity index (χ2n) is 5.98. The van der Waals surface area contributed by atoms with Crippen LogP contribution < -0.4 is 10.1 Å². The zero-order valence-corrected chi connectivity index (χ0v) is 14.9. The number of methoxy groups -OCH3 is 1. The van der Waals surface area contributed by atoms with Gasteiger partial charge in [-0.25, -0.2) is 4.39 Å². The predicted molar refractivity (Wildman–Crippen MR) is 98.2 cm³/mol. The number of halogens is 1. The molecule has 0 atom stereocenters. The Bertz CT molecular complexity index is 933. The Morgan fingerprint density at radius 2 is 1.85 bits per heavy atom. The molecule has 26 heavy (non-hydrogen) atoms. The van der Waals surface area contributed by atoms with Gasteiger partial charge in [-0.1, -0.05) is 18.2 Å². The molecule has 3 aromatic rings. The molecule has 5 nitrogen and oxygen atoms in total. The summed E-state index contributed by atoms with van der Waals surface area (Å²) in [7, 11) is 1.58. The molecule has 2 aromatic carbocycles. The summed E-state index contributed by atoms with van der Waals surface area (Å²) in [5, 5.41) is 7.33. The second kappa shape index (κ2) is 7.39. The Kier molecular flexibility index (Phi) is 5.02. The van der Waals surface area contributed by atoms with Crippen molar-refractivity contribution in [3.05, 3.63) is 76.9 Å². The van der Waals surface area contributed by atoms with Crippen LogP contribution in [0, 0.1) is 19.7 Å². The monoisotopic (exact) mass is 353 g/mol. The third kappa shape index (κ3) is 3.59. The van der Waals surface area contributed by atoms with Crippen molar-refractivity contribution in [2.75, 3.05) is 12.4 Å². The van der Waals surface area contributed by atoms with Gasteiger partial charge in [-0.3, -0.25) is 9.48 Å². The van der Waals surface area contributed by atoms with Crippen LogP contribution in [0.4, 0.5) is 10.1 Å². The number of hydrogen-bond donors (Lipinski definition) is 1. The van der Waals surface area contributed by atoms with Gasteiger partial charge in [0.1, 0.15) is 11.6 Å². The lowest BCUT2D eigenvalue weighted by atomic mass is 10.2. The van der Waals surface area contributed by atoms with Crippen molar-refractivity contribution in [2.45, 2.75) is 20.4 Å². The number of nitrogens with one attached hydrogen (secondary N) is 1. The van der Waals surface area contributed by atoms with E-state index in [1.807, 2.05) is 13.8 Å². The summed E-state index contributed by atoms with van der Waals surface area (Å²) in [6, 6.07) is 13.4. The minimum absolute atomic E-state index is 0.232. The van der Waals surface area contributed by atoms with Crippen LogP contribution in [-0.2, 0) is 6.54 Å². The number of aryl methyl sites for hydroxylation is 1. The third-order valence-electron chi connectivity index (χ3n) is 4.25. The number of anilines is 1. The zero-order chi connectivity index (χ0) is 18.7. The first-order valence-electron chi connectivity index (χ1n) is 8.22. The van der Waals surface area contributed by atoms with Crippen LogP contribution in [0.1, 0.15) is 27.3 Å². The van der Waals surface area contributed by atoms with Crippen LogP contribution in [0.15, 0.2) is 48.5 Å². The van der Waals surface area contributed by atoms with Gasteiger partial charge in [-0.05, 0) is 44.2 Å². The first kappa shape index (κ1) is 17.7. The lowest BCUT2D eigenvalue weighted by Crippen LogP contribution is -2.13. The van der Waals surface area contributed by atoms with Crippen molar-refractivity contribution >= 4 is 11.6 Å². The molecule has 0 bridgehead atoms. The van der Waals surface area contributed by atoms with Crippen LogP contribution in [0.2, 0.25) is 0 Å². The Balaban J connectivity index is 1.81. The highest BCUT2D eigenvalue weighted by Gasteiger charge is 2.16. The zero-order valence-electron chi connectivity index (χ0n) is 14.9. The van der Waals surface area contributed by atoms with E-state index < -0.39 is 0 Å². The number of carbonyl (C=O) groups excluding carboxylic acids is 1. The number of amides is 1. The van der Waals surface area contributed by atoms with E-state index in [4.69, 9.17) is 4.74 Å². The highest BCUT2D eigenvalue weighted by atomic mass is 19.1. The maximum atomic E-state index is 13.9.